The van der Waals surface area contributed by atoms with E-state index in [2.05, 4.69) is 27.1 Å². The molecule has 0 amide bonds. The van der Waals surface area contributed by atoms with E-state index in [1.807, 2.05) is 19.1 Å². The monoisotopic (exact) mass is 236 g/mol. The van der Waals surface area contributed by atoms with Crippen LogP contribution in [0.5, 0.6) is 0 Å². The quantitative estimate of drug-likeness (QED) is 0.503. The molecule has 0 spiro atoms. The molecule has 0 saturated carbocycles. The van der Waals surface area contributed by atoms with E-state index in [4.69, 9.17) is 0 Å². The lowest BCUT2D eigenvalue weighted by Gasteiger charge is -2.27. The second-order valence-corrected chi connectivity index (χ2v) is 4.14. The molecule has 2 N–H and O–H groups in total. The van der Waals surface area contributed by atoms with Crippen LogP contribution in [0.15, 0.2) is 29.4 Å². The van der Waals surface area contributed by atoms with Gasteiger partial charge in [0.05, 0.1) is 0 Å². The van der Waals surface area contributed by atoms with Crippen LogP contribution in [0.25, 0.3) is 0 Å². The second-order valence-electron chi connectivity index (χ2n) is 4.14. The number of rotatable bonds is 7. The fraction of sp³-hybridized carbons (Fsp3) is 0.615. The third-order valence-electron chi connectivity index (χ3n) is 2.68. The summed E-state index contributed by atoms with van der Waals surface area (Å²) >= 11 is 0. The van der Waals surface area contributed by atoms with Crippen molar-refractivity contribution in [2.45, 2.75) is 6.92 Å². The molecule has 1 heterocycles. The van der Waals surface area contributed by atoms with E-state index >= 15 is 0 Å². The van der Waals surface area contributed by atoms with Crippen LogP contribution in [0.2, 0.25) is 0 Å². The highest BCUT2D eigenvalue weighted by molar-refractivity contribution is 5.71. The summed E-state index contributed by atoms with van der Waals surface area (Å²) < 4.78 is 0. The Bertz CT molecular complexity index is 265. The molecule has 0 atom stereocenters. The van der Waals surface area contributed by atoms with E-state index in [1.54, 1.807) is 6.21 Å². The first-order valence-electron chi connectivity index (χ1n) is 6.30. The van der Waals surface area contributed by atoms with Crippen molar-refractivity contribution in [3.05, 3.63) is 24.4 Å². The summed E-state index contributed by atoms with van der Waals surface area (Å²) in [6.07, 6.45) is 5.64. The maximum Gasteiger partial charge on any atom is 0.0470 e. The molecule has 1 rings (SSSR count). The summed E-state index contributed by atoms with van der Waals surface area (Å²) in [6, 6.07) is 0. The number of nitrogens with one attached hydrogen (secondary N) is 2. The number of hydrogen-bond donors (Lipinski definition) is 2. The molecule has 4 nitrogen and oxygen atoms in total. The predicted octanol–water partition coefficient (Wildman–Crippen LogP) is 0.642. The summed E-state index contributed by atoms with van der Waals surface area (Å²) in [6.45, 7) is 13.3. The number of hydrogen-bond acceptors (Lipinski definition) is 4. The average molecular weight is 236 g/mol. The maximum absolute atomic E-state index is 4.21. The minimum atomic E-state index is 0.764. The van der Waals surface area contributed by atoms with Crippen molar-refractivity contribution in [2.75, 3.05) is 45.8 Å². The molecule has 1 fully saturated rings. The van der Waals surface area contributed by atoms with Gasteiger partial charge >= 0.3 is 0 Å². The Kier molecular flexibility index (Phi) is 7.54. The van der Waals surface area contributed by atoms with Crippen LogP contribution in [0.4, 0.5) is 0 Å². The van der Waals surface area contributed by atoms with Crippen LogP contribution >= 0.6 is 0 Å². The van der Waals surface area contributed by atoms with Crippen molar-refractivity contribution in [1.82, 2.24) is 15.5 Å². The summed E-state index contributed by atoms with van der Waals surface area (Å²) in [7, 11) is 0. The molecule has 0 aromatic rings. The van der Waals surface area contributed by atoms with Gasteiger partial charge in [-0.3, -0.25) is 9.89 Å². The van der Waals surface area contributed by atoms with Gasteiger partial charge in [0.2, 0.25) is 0 Å². The Morgan fingerprint density at radius 1 is 1.47 bits per heavy atom. The number of allylic oxidation sites excluding steroid dienone is 2. The standard InChI is InChI=1S/C13H24N4/c1-3-4-5-16-13(2)12-15-8-11-17-9-6-14-7-10-17/h3-5,14-15H,2,6-12H2,1H3/b4-3-,16-5?. The van der Waals surface area contributed by atoms with E-state index < -0.39 is 0 Å². The molecular weight excluding hydrogens is 212 g/mol. The highest BCUT2D eigenvalue weighted by Gasteiger charge is 2.07. The first-order chi connectivity index (χ1) is 8.33. The highest BCUT2D eigenvalue weighted by Crippen LogP contribution is 1.91. The van der Waals surface area contributed by atoms with Crippen LogP contribution in [0, 0.1) is 0 Å². The Balaban J connectivity index is 2.01. The van der Waals surface area contributed by atoms with Crippen molar-refractivity contribution < 1.29 is 0 Å². The fourth-order valence-corrected chi connectivity index (χ4v) is 1.68. The number of aliphatic imine (C=N–C) groups is 1. The molecule has 1 aliphatic rings. The van der Waals surface area contributed by atoms with Crippen molar-refractivity contribution >= 4 is 6.21 Å². The van der Waals surface area contributed by atoms with Crippen LogP contribution in [-0.4, -0.2) is 56.9 Å². The lowest BCUT2D eigenvalue weighted by atomic mass is 10.3. The Morgan fingerprint density at radius 2 is 2.24 bits per heavy atom. The van der Waals surface area contributed by atoms with E-state index in [1.165, 1.54) is 0 Å². The molecule has 0 aliphatic carbocycles. The second kappa shape index (κ2) is 9.10. The lowest BCUT2D eigenvalue weighted by Crippen LogP contribution is -2.45. The first-order valence-corrected chi connectivity index (χ1v) is 6.30. The molecule has 96 valence electrons. The van der Waals surface area contributed by atoms with Crippen LogP contribution in [0.3, 0.4) is 0 Å². The van der Waals surface area contributed by atoms with Gasteiger partial charge < -0.3 is 10.6 Å². The molecule has 0 radical (unpaired) electrons. The summed E-state index contributed by atoms with van der Waals surface area (Å²) in [5, 5.41) is 6.71. The van der Waals surface area contributed by atoms with E-state index in [0.717, 1.165) is 51.5 Å². The van der Waals surface area contributed by atoms with Crippen LogP contribution < -0.4 is 10.6 Å². The Hall–Kier alpha value is -0.970. The normalized spacial score (nSPS) is 18.2. The molecule has 1 aliphatic heterocycles. The largest absolute Gasteiger partial charge is 0.314 e. The van der Waals surface area contributed by atoms with Crippen molar-refractivity contribution in [1.29, 1.82) is 0 Å². The summed E-state index contributed by atoms with van der Waals surface area (Å²) in [4.78, 5) is 6.67. The zero-order valence-corrected chi connectivity index (χ0v) is 10.8. The highest BCUT2D eigenvalue weighted by atomic mass is 15.2. The Morgan fingerprint density at radius 3 is 2.94 bits per heavy atom. The van der Waals surface area contributed by atoms with Gasteiger partial charge in [0.1, 0.15) is 0 Å². The lowest BCUT2D eigenvalue weighted by molar-refractivity contribution is 0.242. The van der Waals surface area contributed by atoms with E-state index in [0.29, 0.717) is 0 Å². The van der Waals surface area contributed by atoms with Gasteiger partial charge in [-0.2, -0.15) is 0 Å². The minimum Gasteiger partial charge on any atom is -0.314 e. The first kappa shape index (κ1) is 14.1. The number of nitrogens with zero attached hydrogens (tertiary/aromatic N) is 2. The van der Waals surface area contributed by atoms with E-state index in [-0.39, 0.29) is 0 Å². The van der Waals surface area contributed by atoms with Crippen molar-refractivity contribution in [3.63, 3.8) is 0 Å². The third kappa shape index (κ3) is 7.05. The van der Waals surface area contributed by atoms with Crippen LogP contribution in [-0.2, 0) is 0 Å². The Labute approximate surface area is 104 Å². The van der Waals surface area contributed by atoms with Gasteiger partial charge in [0, 0.05) is 57.7 Å². The van der Waals surface area contributed by atoms with Gasteiger partial charge in [0.15, 0.2) is 0 Å². The van der Waals surface area contributed by atoms with E-state index in [9.17, 15) is 0 Å². The van der Waals surface area contributed by atoms with Gasteiger partial charge in [-0.15, -0.1) is 0 Å². The van der Waals surface area contributed by atoms with Crippen molar-refractivity contribution in [3.8, 4) is 0 Å². The SMILES string of the molecule is C=C(CNCCN1CCNCC1)N=C/C=C\C. The average Bonchev–Trinajstić information content (AvgIpc) is 2.36. The molecule has 1 saturated heterocycles. The zero-order chi connectivity index (χ0) is 12.3. The zero-order valence-electron chi connectivity index (χ0n) is 10.8. The predicted molar refractivity (Wildman–Crippen MR) is 74.6 cm³/mol. The van der Waals surface area contributed by atoms with Crippen molar-refractivity contribution in [2.24, 2.45) is 4.99 Å². The van der Waals surface area contributed by atoms with Gasteiger partial charge in [-0.05, 0) is 13.0 Å². The third-order valence-corrected chi connectivity index (χ3v) is 2.68. The maximum atomic E-state index is 4.21. The molecule has 0 aromatic carbocycles. The van der Waals surface area contributed by atoms with Gasteiger partial charge in [0.25, 0.3) is 0 Å². The smallest absolute Gasteiger partial charge is 0.0470 e. The molecule has 0 unspecified atom stereocenters. The molecule has 4 heteroatoms. The summed E-state index contributed by atoms with van der Waals surface area (Å²) in [5.74, 6) is 0. The number of piperazine rings is 1. The molecule has 17 heavy (non-hydrogen) atoms. The topological polar surface area (TPSA) is 39.7 Å². The summed E-state index contributed by atoms with van der Waals surface area (Å²) in [5.41, 5.74) is 0.878. The van der Waals surface area contributed by atoms with Crippen LogP contribution in [0.1, 0.15) is 6.92 Å². The fourth-order valence-electron chi connectivity index (χ4n) is 1.68. The molecule has 0 aromatic heterocycles. The molecular formula is C13H24N4. The minimum absolute atomic E-state index is 0.764. The van der Waals surface area contributed by atoms with Gasteiger partial charge in [-0.25, -0.2) is 0 Å². The molecule has 0 bridgehead atoms. The van der Waals surface area contributed by atoms with Gasteiger partial charge in [-0.1, -0.05) is 12.7 Å².